The molecule has 2 N–H and O–H groups in total. The van der Waals surface area contributed by atoms with Crippen molar-refractivity contribution < 1.29 is 4.52 Å². The van der Waals surface area contributed by atoms with Crippen molar-refractivity contribution in [1.82, 2.24) is 5.16 Å². The van der Waals surface area contributed by atoms with Gasteiger partial charge in [0.15, 0.2) is 5.82 Å². The molecule has 1 aliphatic carbocycles. The van der Waals surface area contributed by atoms with E-state index in [1.165, 1.54) is 19.3 Å². The summed E-state index contributed by atoms with van der Waals surface area (Å²) in [7, 11) is 0. The Morgan fingerprint density at radius 3 is 2.85 bits per heavy atom. The summed E-state index contributed by atoms with van der Waals surface area (Å²) < 4.78 is 5.21. The predicted molar refractivity (Wildman–Crippen MR) is 51.3 cm³/mol. The molecule has 1 atom stereocenters. The fraction of sp³-hybridized carbons (Fsp3) is 0.700. The summed E-state index contributed by atoms with van der Waals surface area (Å²) in [6, 6.07) is 1.86. The first-order valence-corrected chi connectivity index (χ1v) is 4.82. The van der Waals surface area contributed by atoms with Gasteiger partial charge in [0.2, 0.25) is 0 Å². The largest absolute Gasteiger partial charge is 0.381 e. The SMILES string of the molecule is CC1(C)CCCC1c1cc(N)no1. The third kappa shape index (κ3) is 1.43. The van der Waals surface area contributed by atoms with Crippen LogP contribution in [0, 0.1) is 5.41 Å². The van der Waals surface area contributed by atoms with Crippen LogP contribution in [0.25, 0.3) is 0 Å². The summed E-state index contributed by atoms with van der Waals surface area (Å²) in [5, 5.41) is 3.73. The zero-order chi connectivity index (χ0) is 9.47. The van der Waals surface area contributed by atoms with Gasteiger partial charge in [0.25, 0.3) is 0 Å². The van der Waals surface area contributed by atoms with E-state index in [0.717, 1.165) is 5.76 Å². The van der Waals surface area contributed by atoms with Gasteiger partial charge < -0.3 is 10.3 Å². The van der Waals surface area contributed by atoms with Gasteiger partial charge in [0, 0.05) is 12.0 Å². The van der Waals surface area contributed by atoms with Gasteiger partial charge in [-0.25, -0.2) is 0 Å². The van der Waals surface area contributed by atoms with Crippen molar-refractivity contribution in [3.8, 4) is 0 Å². The Bertz CT molecular complexity index is 304. The first-order valence-electron chi connectivity index (χ1n) is 4.82. The normalized spacial score (nSPS) is 26.5. The van der Waals surface area contributed by atoms with E-state index in [1.807, 2.05) is 6.07 Å². The van der Waals surface area contributed by atoms with Gasteiger partial charge in [-0.2, -0.15) is 0 Å². The number of aromatic nitrogens is 1. The number of hydrogen-bond donors (Lipinski definition) is 1. The van der Waals surface area contributed by atoms with Gasteiger partial charge in [0.1, 0.15) is 5.76 Å². The second kappa shape index (κ2) is 2.76. The number of nitrogens with zero attached hydrogens (tertiary/aromatic N) is 1. The number of hydrogen-bond acceptors (Lipinski definition) is 3. The third-order valence-corrected chi connectivity index (χ3v) is 3.15. The first kappa shape index (κ1) is 8.60. The summed E-state index contributed by atoms with van der Waals surface area (Å²) in [4.78, 5) is 0. The summed E-state index contributed by atoms with van der Waals surface area (Å²) >= 11 is 0. The maximum absolute atomic E-state index is 5.53. The Morgan fingerprint density at radius 1 is 1.62 bits per heavy atom. The molecule has 1 unspecified atom stereocenters. The van der Waals surface area contributed by atoms with Gasteiger partial charge in [-0.15, -0.1) is 0 Å². The standard InChI is InChI=1S/C10H16N2O/c1-10(2)5-3-4-7(10)8-6-9(11)12-13-8/h6-7H,3-5H2,1-2H3,(H2,11,12). The second-order valence-corrected chi connectivity index (χ2v) is 4.59. The van der Waals surface area contributed by atoms with E-state index in [0.29, 0.717) is 17.2 Å². The highest BCUT2D eigenvalue weighted by atomic mass is 16.5. The third-order valence-electron chi connectivity index (χ3n) is 3.15. The van der Waals surface area contributed by atoms with Gasteiger partial charge in [-0.05, 0) is 18.3 Å². The van der Waals surface area contributed by atoms with Crippen molar-refractivity contribution in [3.63, 3.8) is 0 Å². The van der Waals surface area contributed by atoms with E-state index >= 15 is 0 Å². The van der Waals surface area contributed by atoms with Gasteiger partial charge in [-0.3, -0.25) is 0 Å². The molecule has 0 amide bonds. The molecule has 0 aliphatic heterocycles. The van der Waals surface area contributed by atoms with E-state index in [9.17, 15) is 0 Å². The number of rotatable bonds is 1. The lowest BCUT2D eigenvalue weighted by Crippen LogP contribution is -2.14. The van der Waals surface area contributed by atoms with Gasteiger partial charge >= 0.3 is 0 Å². The summed E-state index contributed by atoms with van der Waals surface area (Å²) in [6.07, 6.45) is 3.73. The molecule has 0 saturated heterocycles. The second-order valence-electron chi connectivity index (χ2n) is 4.59. The quantitative estimate of drug-likeness (QED) is 0.722. The fourth-order valence-electron chi connectivity index (χ4n) is 2.32. The number of nitrogens with two attached hydrogens (primary N) is 1. The molecule has 0 radical (unpaired) electrons. The molecular formula is C10H16N2O. The van der Waals surface area contributed by atoms with Crippen molar-refractivity contribution in [2.75, 3.05) is 5.73 Å². The van der Waals surface area contributed by atoms with Crippen LogP contribution in [0.5, 0.6) is 0 Å². The molecule has 0 aromatic carbocycles. The van der Waals surface area contributed by atoms with Crippen molar-refractivity contribution in [3.05, 3.63) is 11.8 Å². The van der Waals surface area contributed by atoms with Crippen molar-refractivity contribution >= 4 is 5.82 Å². The molecule has 0 bridgehead atoms. The summed E-state index contributed by atoms with van der Waals surface area (Å²) in [6.45, 7) is 4.56. The summed E-state index contributed by atoms with van der Waals surface area (Å²) in [5.41, 5.74) is 5.87. The van der Waals surface area contributed by atoms with E-state index in [4.69, 9.17) is 10.3 Å². The lowest BCUT2D eigenvalue weighted by atomic mass is 9.80. The molecule has 72 valence electrons. The Morgan fingerprint density at radius 2 is 2.38 bits per heavy atom. The Kier molecular flexibility index (Phi) is 1.82. The average molecular weight is 180 g/mol. The molecule has 0 spiro atoms. The molecule has 1 aromatic rings. The maximum atomic E-state index is 5.53. The molecule has 3 heteroatoms. The smallest absolute Gasteiger partial charge is 0.167 e. The Labute approximate surface area is 78.3 Å². The highest BCUT2D eigenvalue weighted by molar-refractivity contribution is 5.29. The van der Waals surface area contributed by atoms with Gasteiger partial charge in [-0.1, -0.05) is 25.4 Å². The topological polar surface area (TPSA) is 52.0 Å². The molecule has 13 heavy (non-hydrogen) atoms. The molecule has 1 aliphatic rings. The highest BCUT2D eigenvalue weighted by Gasteiger charge is 2.37. The lowest BCUT2D eigenvalue weighted by molar-refractivity contribution is 0.268. The van der Waals surface area contributed by atoms with Crippen LogP contribution < -0.4 is 5.73 Å². The molecule has 1 heterocycles. The zero-order valence-electron chi connectivity index (χ0n) is 8.21. The van der Waals surface area contributed by atoms with E-state index < -0.39 is 0 Å². The molecule has 1 aromatic heterocycles. The minimum absolute atomic E-state index is 0.339. The van der Waals surface area contributed by atoms with Crippen LogP contribution in [0.4, 0.5) is 5.82 Å². The minimum Gasteiger partial charge on any atom is -0.381 e. The summed E-state index contributed by atoms with van der Waals surface area (Å²) in [5.74, 6) is 1.95. The van der Waals surface area contributed by atoms with Crippen molar-refractivity contribution in [1.29, 1.82) is 0 Å². The van der Waals surface area contributed by atoms with Crippen LogP contribution in [-0.2, 0) is 0 Å². The molecule has 1 saturated carbocycles. The Hall–Kier alpha value is -0.990. The van der Waals surface area contributed by atoms with Crippen LogP contribution >= 0.6 is 0 Å². The average Bonchev–Trinajstić information content (AvgIpc) is 2.56. The van der Waals surface area contributed by atoms with Crippen LogP contribution in [0.1, 0.15) is 44.8 Å². The van der Waals surface area contributed by atoms with Crippen molar-refractivity contribution in [2.24, 2.45) is 5.41 Å². The van der Waals surface area contributed by atoms with Crippen molar-refractivity contribution in [2.45, 2.75) is 39.0 Å². The predicted octanol–water partition coefficient (Wildman–Crippen LogP) is 2.55. The zero-order valence-corrected chi connectivity index (χ0v) is 8.21. The highest BCUT2D eigenvalue weighted by Crippen LogP contribution is 2.48. The maximum Gasteiger partial charge on any atom is 0.167 e. The van der Waals surface area contributed by atoms with Crippen LogP contribution in [0.15, 0.2) is 10.6 Å². The molecular weight excluding hydrogens is 164 g/mol. The van der Waals surface area contributed by atoms with Crippen LogP contribution in [0.3, 0.4) is 0 Å². The number of anilines is 1. The molecule has 3 nitrogen and oxygen atoms in total. The van der Waals surface area contributed by atoms with E-state index in [-0.39, 0.29) is 0 Å². The lowest BCUT2D eigenvalue weighted by Gasteiger charge is -2.24. The molecule has 1 fully saturated rings. The number of nitrogen functional groups attached to an aromatic ring is 1. The first-order chi connectivity index (χ1) is 6.09. The molecule has 2 rings (SSSR count). The van der Waals surface area contributed by atoms with Crippen LogP contribution in [0.2, 0.25) is 0 Å². The van der Waals surface area contributed by atoms with E-state index in [1.54, 1.807) is 0 Å². The minimum atomic E-state index is 0.339. The van der Waals surface area contributed by atoms with Gasteiger partial charge in [0.05, 0.1) is 0 Å². The van der Waals surface area contributed by atoms with E-state index in [2.05, 4.69) is 19.0 Å². The Balaban J connectivity index is 2.26. The van der Waals surface area contributed by atoms with Crippen LogP contribution in [-0.4, -0.2) is 5.16 Å². The fourth-order valence-corrected chi connectivity index (χ4v) is 2.32. The monoisotopic (exact) mass is 180 g/mol.